The van der Waals surface area contributed by atoms with Crippen molar-refractivity contribution in [3.8, 4) is 17.2 Å². The standard InChI is InChI=1S/C19H18O6S/c1-9-14(19(21)22)15(11-5-6-26-18(11)16(9)20)10-7-12(23-2)17(25-4)13(8-10)24-3/h5-8,14-15H,1H2,2-4H3,(H,21,22)/t14-,15-/m1/s1. The van der Waals surface area contributed by atoms with Crippen LogP contribution in [0.25, 0.3) is 0 Å². The molecule has 3 rings (SSSR count). The van der Waals surface area contributed by atoms with Gasteiger partial charge in [-0.05, 0) is 34.7 Å². The van der Waals surface area contributed by atoms with E-state index in [0.29, 0.717) is 33.3 Å². The van der Waals surface area contributed by atoms with E-state index in [-0.39, 0.29) is 11.4 Å². The zero-order chi connectivity index (χ0) is 19.0. The third-order valence-electron chi connectivity index (χ3n) is 4.55. The lowest BCUT2D eigenvalue weighted by atomic mass is 9.71. The van der Waals surface area contributed by atoms with E-state index in [1.807, 2.05) is 0 Å². The average molecular weight is 374 g/mol. The number of ether oxygens (including phenoxy) is 3. The minimum atomic E-state index is -1.10. The highest BCUT2D eigenvalue weighted by molar-refractivity contribution is 7.12. The van der Waals surface area contributed by atoms with E-state index < -0.39 is 17.8 Å². The van der Waals surface area contributed by atoms with Crippen LogP contribution in [-0.4, -0.2) is 38.2 Å². The molecular weight excluding hydrogens is 356 g/mol. The van der Waals surface area contributed by atoms with Gasteiger partial charge >= 0.3 is 5.97 Å². The van der Waals surface area contributed by atoms with Gasteiger partial charge in [0, 0.05) is 11.5 Å². The second-order valence-electron chi connectivity index (χ2n) is 5.81. The lowest BCUT2D eigenvalue weighted by Crippen LogP contribution is -2.32. The second kappa shape index (κ2) is 6.84. The Hall–Kier alpha value is -2.80. The molecule has 7 heteroatoms. The Morgan fingerprint density at radius 3 is 2.27 bits per heavy atom. The van der Waals surface area contributed by atoms with Gasteiger partial charge in [0.2, 0.25) is 5.75 Å². The molecule has 1 aliphatic rings. The number of carbonyl (C=O) groups is 2. The number of carbonyl (C=O) groups excluding carboxylic acids is 1. The summed E-state index contributed by atoms with van der Waals surface area (Å²) < 4.78 is 16.1. The smallest absolute Gasteiger partial charge is 0.312 e. The third-order valence-corrected chi connectivity index (χ3v) is 5.48. The first-order chi connectivity index (χ1) is 12.4. The lowest BCUT2D eigenvalue weighted by molar-refractivity contribution is -0.140. The Balaban J connectivity index is 2.27. The second-order valence-corrected chi connectivity index (χ2v) is 6.73. The first kappa shape index (κ1) is 18.0. The van der Waals surface area contributed by atoms with Crippen molar-refractivity contribution >= 4 is 23.1 Å². The van der Waals surface area contributed by atoms with Crippen LogP contribution in [0.2, 0.25) is 0 Å². The molecule has 0 radical (unpaired) electrons. The van der Waals surface area contributed by atoms with Crippen LogP contribution in [0.3, 0.4) is 0 Å². The topological polar surface area (TPSA) is 82.1 Å². The summed E-state index contributed by atoms with van der Waals surface area (Å²) in [7, 11) is 4.49. The molecule has 1 aliphatic carbocycles. The maximum absolute atomic E-state index is 12.5. The number of Topliss-reactive ketones (excluding diaryl/α,β-unsaturated/α-hetero) is 1. The maximum atomic E-state index is 12.5. The molecule has 0 bridgehead atoms. The number of rotatable bonds is 5. The monoisotopic (exact) mass is 374 g/mol. The Morgan fingerprint density at radius 1 is 1.15 bits per heavy atom. The summed E-state index contributed by atoms with van der Waals surface area (Å²) in [5.41, 5.74) is 1.40. The van der Waals surface area contributed by atoms with Crippen LogP contribution >= 0.6 is 11.3 Å². The van der Waals surface area contributed by atoms with Crippen molar-refractivity contribution in [2.24, 2.45) is 5.92 Å². The minimum Gasteiger partial charge on any atom is -0.493 e. The number of carboxylic acid groups (broad SMARTS) is 1. The number of ketones is 1. The maximum Gasteiger partial charge on any atom is 0.312 e. The SMILES string of the molecule is C=C1C(=O)c2sccc2[C@@H](c2cc(OC)c(OC)c(OC)c2)[C@@H]1C(=O)O. The fraction of sp³-hybridized carbons (Fsp3) is 0.263. The van der Waals surface area contributed by atoms with Gasteiger partial charge in [-0.15, -0.1) is 11.3 Å². The van der Waals surface area contributed by atoms with E-state index in [1.165, 1.54) is 32.7 Å². The van der Waals surface area contributed by atoms with E-state index in [4.69, 9.17) is 14.2 Å². The van der Waals surface area contributed by atoms with Gasteiger partial charge in [-0.2, -0.15) is 0 Å². The zero-order valence-electron chi connectivity index (χ0n) is 14.6. The molecule has 0 aliphatic heterocycles. The van der Waals surface area contributed by atoms with E-state index >= 15 is 0 Å². The summed E-state index contributed by atoms with van der Waals surface area (Å²) in [5.74, 6) is -1.79. The normalized spacial score (nSPS) is 19.0. The molecule has 1 aromatic carbocycles. The summed E-state index contributed by atoms with van der Waals surface area (Å²) in [4.78, 5) is 25.0. The van der Waals surface area contributed by atoms with Gasteiger partial charge in [0.05, 0.1) is 32.1 Å². The number of hydrogen-bond donors (Lipinski definition) is 1. The van der Waals surface area contributed by atoms with Crippen LogP contribution in [0.15, 0.2) is 35.7 Å². The van der Waals surface area contributed by atoms with Crippen LogP contribution in [0.1, 0.15) is 26.7 Å². The van der Waals surface area contributed by atoms with Crippen molar-refractivity contribution in [1.82, 2.24) is 0 Å². The van der Waals surface area contributed by atoms with Gasteiger partial charge in [-0.3, -0.25) is 9.59 Å². The summed E-state index contributed by atoms with van der Waals surface area (Å²) in [6.07, 6.45) is 0. The molecule has 1 heterocycles. The van der Waals surface area contributed by atoms with Crippen LogP contribution in [0, 0.1) is 5.92 Å². The summed E-state index contributed by atoms with van der Waals surface area (Å²) in [6.45, 7) is 3.76. The van der Waals surface area contributed by atoms with Crippen molar-refractivity contribution in [2.75, 3.05) is 21.3 Å². The van der Waals surface area contributed by atoms with Crippen LogP contribution < -0.4 is 14.2 Å². The third kappa shape index (κ3) is 2.64. The van der Waals surface area contributed by atoms with Crippen molar-refractivity contribution in [2.45, 2.75) is 5.92 Å². The summed E-state index contributed by atoms with van der Waals surface area (Å²) >= 11 is 1.29. The van der Waals surface area contributed by atoms with Crippen molar-refractivity contribution in [3.63, 3.8) is 0 Å². The van der Waals surface area contributed by atoms with Crippen molar-refractivity contribution < 1.29 is 28.9 Å². The quantitative estimate of drug-likeness (QED) is 0.808. The molecule has 1 N–H and O–H groups in total. The van der Waals surface area contributed by atoms with E-state index in [0.717, 1.165) is 0 Å². The van der Waals surface area contributed by atoms with Gasteiger partial charge in [0.15, 0.2) is 17.3 Å². The van der Waals surface area contributed by atoms with Gasteiger partial charge in [-0.1, -0.05) is 6.58 Å². The van der Waals surface area contributed by atoms with Gasteiger partial charge in [-0.25, -0.2) is 0 Å². The van der Waals surface area contributed by atoms with E-state index in [9.17, 15) is 14.7 Å². The fourth-order valence-electron chi connectivity index (χ4n) is 3.36. The molecule has 1 aromatic heterocycles. The first-order valence-electron chi connectivity index (χ1n) is 7.78. The number of aliphatic carboxylic acids is 1. The Labute approximate surface area is 154 Å². The van der Waals surface area contributed by atoms with E-state index in [1.54, 1.807) is 23.6 Å². The van der Waals surface area contributed by atoms with Gasteiger partial charge < -0.3 is 19.3 Å². The van der Waals surface area contributed by atoms with Gasteiger partial charge in [0.25, 0.3) is 0 Å². The number of hydrogen-bond acceptors (Lipinski definition) is 6. The Morgan fingerprint density at radius 2 is 1.77 bits per heavy atom. The van der Waals surface area contributed by atoms with Crippen molar-refractivity contribution in [1.29, 1.82) is 0 Å². The largest absolute Gasteiger partial charge is 0.493 e. The molecule has 0 amide bonds. The van der Waals surface area contributed by atoms with Crippen LogP contribution in [0.4, 0.5) is 0 Å². The molecule has 0 unspecified atom stereocenters. The Kier molecular flexibility index (Phi) is 4.73. The predicted molar refractivity (Wildman–Crippen MR) is 96.9 cm³/mol. The average Bonchev–Trinajstić information content (AvgIpc) is 3.12. The predicted octanol–water partition coefficient (Wildman–Crippen LogP) is 3.36. The van der Waals surface area contributed by atoms with Crippen LogP contribution in [0.5, 0.6) is 17.2 Å². The molecule has 0 saturated carbocycles. The van der Waals surface area contributed by atoms with Gasteiger partial charge in [0.1, 0.15) is 0 Å². The molecule has 0 fully saturated rings. The Bertz CT molecular complexity index is 872. The highest BCUT2D eigenvalue weighted by atomic mass is 32.1. The molecule has 2 aromatic rings. The summed E-state index contributed by atoms with van der Waals surface area (Å²) in [5, 5.41) is 11.6. The number of carboxylic acids is 1. The number of fused-ring (bicyclic) bond motifs is 1. The summed E-state index contributed by atoms with van der Waals surface area (Å²) in [6, 6.07) is 5.22. The number of thiophene rings is 1. The first-order valence-corrected chi connectivity index (χ1v) is 8.66. The van der Waals surface area contributed by atoms with Crippen LogP contribution in [-0.2, 0) is 4.79 Å². The highest BCUT2D eigenvalue weighted by Crippen LogP contribution is 2.48. The molecule has 0 saturated heterocycles. The minimum absolute atomic E-state index is 0.0752. The molecule has 2 atom stereocenters. The molecule has 0 spiro atoms. The fourth-order valence-corrected chi connectivity index (χ4v) is 4.28. The zero-order valence-corrected chi connectivity index (χ0v) is 15.4. The lowest BCUT2D eigenvalue weighted by Gasteiger charge is -2.31. The molecule has 6 nitrogen and oxygen atoms in total. The van der Waals surface area contributed by atoms with Crippen molar-refractivity contribution in [3.05, 3.63) is 51.7 Å². The molecule has 136 valence electrons. The number of methoxy groups -OCH3 is 3. The molecule has 26 heavy (non-hydrogen) atoms. The molecular formula is C19H18O6S. The van der Waals surface area contributed by atoms with E-state index in [2.05, 4.69) is 6.58 Å². The highest BCUT2D eigenvalue weighted by Gasteiger charge is 2.43. The number of benzene rings is 1.